The van der Waals surface area contributed by atoms with Crippen molar-refractivity contribution >= 4 is 5.97 Å². The number of hydrogen-bond acceptors (Lipinski definition) is 7. The van der Waals surface area contributed by atoms with Gasteiger partial charge in [-0.25, -0.2) is 0 Å². The van der Waals surface area contributed by atoms with E-state index >= 15 is 0 Å². The number of carbonyl (C=O) groups is 1. The van der Waals surface area contributed by atoms with Crippen molar-refractivity contribution < 1.29 is 33.6 Å². The molecule has 5 rings (SSSR count). The van der Waals surface area contributed by atoms with Crippen LogP contribution in [-0.2, 0) is 16.0 Å². The van der Waals surface area contributed by atoms with E-state index in [4.69, 9.17) is 23.7 Å². The van der Waals surface area contributed by atoms with E-state index in [2.05, 4.69) is 0 Å². The van der Waals surface area contributed by atoms with Gasteiger partial charge in [0.25, 0.3) is 0 Å². The van der Waals surface area contributed by atoms with Gasteiger partial charge < -0.3 is 28.8 Å². The van der Waals surface area contributed by atoms with E-state index in [9.17, 15) is 9.90 Å². The van der Waals surface area contributed by atoms with E-state index in [1.165, 1.54) is 0 Å². The molecular weight excluding hydrogens is 388 g/mol. The Morgan fingerprint density at radius 1 is 0.967 bits per heavy atom. The highest BCUT2D eigenvalue weighted by Gasteiger charge is 2.52. The number of ether oxygens (including phenoxy) is 5. The van der Waals surface area contributed by atoms with Crippen LogP contribution < -0.4 is 18.9 Å². The van der Waals surface area contributed by atoms with Crippen LogP contribution in [-0.4, -0.2) is 45.6 Å². The van der Waals surface area contributed by atoms with Crippen molar-refractivity contribution in [1.29, 1.82) is 0 Å². The molecule has 1 aliphatic carbocycles. The third-order valence-electron chi connectivity index (χ3n) is 6.51. The minimum atomic E-state index is -0.763. The number of benzene rings is 2. The minimum absolute atomic E-state index is 0.207. The number of hydrogen-bond donors (Lipinski definition) is 1. The van der Waals surface area contributed by atoms with Crippen LogP contribution in [0.4, 0.5) is 0 Å². The van der Waals surface area contributed by atoms with Crippen LogP contribution in [0, 0.1) is 11.8 Å². The van der Waals surface area contributed by atoms with Crippen LogP contribution >= 0.6 is 0 Å². The van der Waals surface area contributed by atoms with Crippen molar-refractivity contribution in [3.63, 3.8) is 0 Å². The summed E-state index contributed by atoms with van der Waals surface area (Å²) in [5, 5.41) is 11.1. The van der Waals surface area contributed by atoms with Gasteiger partial charge in [-0.1, -0.05) is 0 Å². The minimum Gasteiger partial charge on any atom is -0.493 e. The van der Waals surface area contributed by atoms with Crippen LogP contribution in [0.3, 0.4) is 0 Å². The Bertz CT molecular complexity index is 990. The standard InChI is InChI=1S/C23H24O7/c1-26-17-7-12(8-18(27-2)22(17)28-3)19-13-9-16-11(4-5-29-16)6-14(13)21(24)15-10-30-23(25)20(15)19/h6-9,15,19-21,24H,4-5,10H2,1-3H3/t15?,19-,20?,21+/m1/s1. The van der Waals surface area contributed by atoms with Gasteiger partial charge in [-0.05, 0) is 46.5 Å². The van der Waals surface area contributed by atoms with E-state index in [0.29, 0.717) is 23.9 Å². The first-order valence-electron chi connectivity index (χ1n) is 10.0. The van der Waals surface area contributed by atoms with E-state index < -0.39 is 12.0 Å². The lowest BCUT2D eigenvalue weighted by Crippen LogP contribution is -2.34. The highest BCUT2D eigenvalue weighted by Crippen LogP contribution is 2.54. The Labute approximate surface area is 174 Å². The highest BCUT2D eigenvalue weighted by atomic mass is 16.5. The Hall–Kier alpha value is -2.93. The van der Waals surface area contributed by atoms with Gasteiger partial charge >= 0.3 is 5.97 Å². The molecule has 158 valence electrons. The molecule has 1 fully saturated rings. The lowest BCUT2D eigenvalue weighted by molar-refractivity contribution is -0.141. The second kappa shape index (κ2) is 7.09. The summed E-state index contributed by atoms with van der Waals surface area (Å²) in [6.07, 6.45) is 0.0499. The van der Waals surface area contributed by atoms with E-state index in [1.807, 2.05) is 24.3 Å². The molecule has 7 heteroatoms. The van der Waals surface area contributed by atoms with Crippen LogP contribution in [0.25, 0.3) is 0 Å². The Morgan fingerprint density at radius 3 is 2.37 bits per heavy atom. The third kappa shape index (κ3) is 2.65. The van der Waals surface area contributed by atoms with Gasteiger partial charge in [0.1, 0.15) is 5.75 Å². The number of aliphatic hydroxyl groups excluding tert-OH is 1. The summed E-state index contributed by atoms with van der Waals surface area (Å²) in [7, 11) is 4.68. The largest absolute Gasteiger partial charge is 0.493 e. The maximum absolute atomic E-state index is 12.8. The molecular formula is C23H24O7. The Morgan fingerprint density at radius 2 is 1.70 bits per heavy atom. The molecule has 30 heavy (non-hydrogen) atoms. The van der Waals surface area contributed by atoms with Crippen LogP contribution in [0.1, 0.15) is 34.3 Å². The molecule has 4 atom stereocenters. The van der Waals surface area contributed by atoms with Gasteiger partial charge in [-0.3, -0.25) is 4.79 Å². The number of esters is 1. The normalized spacial score (nSPS) is 26.2. The molecule has 0 spiro atoms. The zero-order valence-electron chi connectivity index (χ0n) is 17.1. The predicted octanol–water partition coefficient (Wildman–Crippen LogP) is 2.62. The summed E-state index contributed by atoms with van der Waals surface area (Å²) in [5.41, 5.74) is 3.62. The summed E-state index contributed by atoms with van der Waals surface area (Å²) in [6, 6.07) is 7.72. The SMILES string of the molecule is COc1cc([C@@H]2c3cc4c(cc3[C@H](O)C3COC(=O)C32)CCO4)cc(OC)c1OC. The quantitative estimate of drug-likeness (QED) is 0.773. The fourth-order valence-corrected chi connectivity index (χ4v) is 5.10. The molecule has 0 bridgehead atoms. The van der Waals surface area contributed by atoms with Crippen molar-refractivity contribution in [2.24, 2.45) is 11.8 Å². The summed E-state index contributed by atoms with van der Waals surface area (Å²) in [5.74, 6) is 0.881. The molecule has 0 radical (unpaired) electrons. The van der Waals surface area contributed by atoms with Gasteiger partial charge in [0.15, 0.2) is 11.5 Å². The number of cyclic esters (lactones) is 1. The summed E-state index contributed by atoms with van der Waals surface area (Å²) < 4.78 is 27.7. The van der Waals surface area contributed by atoms with Gasteiger partial charge in [0.2, 0.25) is 5.75 Å². The first kappa shape index (κ1) is 19.1. The first-order chi connectivity index (χ1) is 14.6. The monoisotopic (exact) mass is 412 g/mol. The smallest absolute Gasteiger partial charge is 0.310 e. The molecule has 0 amide bonds. The van der Waals surface area contributed by atoms with Crippen LogP contribution in [0.2, 0.25) is 0 Å². The molecule has 2 aromatic rings. The number of methoxy groups -OCH3 is 3. The van der Waals surface area contributed by atoms with Gasteiger partial charge in [-0.15, -0.1) is 0 Å². The van der Waals surface area contributed by atoms with E-state index in [1.54, 1.807) is 21.3 Å². The second-order valence-corrected chi connectivity index (χ2v) is 7.89. The molecule has 2 aliphatic heterocycles. The summed E-state index contributed by atoms with van der Waals surface area (Å²) in [4.78, 5) is 12.8. The Balaban J connectivity index is 1.74. The second-order valence-electron chi connectivity index (χ2n) is 7.89. The molecule has 1 N–H and O–H groups in total. The van der Waals surface area contributed by atoms with Crippen molar-refractivity contribution in [3.8, 4) is 23.0 Å². The molecule has 2 unspecified atom stereocenters. The molecule has 0 aromatic heterocycles. The molecule has 3 aliphatic rings. The fourth-order valence-electron chi connectivity index (χ4n) is 5.10. The van der Waals surface area contributed by atoms with Crippen molar-refractivity contribution in [3.05, 3.63) is 46.5 Å². The molecule has 2 aromatic carbocycles. The maximum Gasteiger partial charge on any atom is 0.310 e. The zero-order chi connectivity index (χ0) is 21.0. The average molecular weight is 412 g/mol. The molecule has 7 nitrogen and oxygen atoms in total. The van der Waals surface area contributed by atoms with Gasteiger partial charge in [0, 0.05) is 18.3 Å². The maximum atomic E-state index is 12.8. The molecule has 0 saturated carbocycles. The number of carbonyl (C=O) groups excluding carboxylic acids is 1. The average Bonchev–Trinajstić information content (AvgIpc) is 3.38. The van der Waals surface area contributed by atoms with Crippen LogP contribution in [0.5, 0.6) is 23.0 Å². The number of fused-ring (bicyclic) bond motifs is 3. The number of rotatable bonds is 4. The topological polar surface area (TPSA) is 83.5 Å². The molecule has 2 heterocycles. The van der Waals surface area contributed by atoms with Crippen molar-refractivity contribution in [2.45, 2.75) is 18.4 Å². The van der Waals surface area contributed by atoms with Gasteiger partial charge in [0.05, 0.1) is 46.6 Å². The third-order valence-corrected chi connectivity index (χ3v) is 6.51. The number of aliphatic hydroxyl groups is 1. The highest BCUT2D eigenvalue weighted by molar-refractivity contribution is 5.78. The van der Waals surface area contributed by atoms with E-state index in [-0.39, 0.29) is 24.4 Å². The van der Waals surface area contributed by atoms with Gasteiger partial charge in [-0.2, -0.15) is 0 Å². The van der Waals surface area contributed by atoms with Crippen molar-refractivity contribution in [1.82, 2.24) is 0 Å². The van der Waals surface area contributed by atoms with Crippen LogP contribution in [0.15, 0.2) is 24.3 Å². The lowest BCUT2D eigenvalue weighted by atomic mass is 9.66. The zero-order valence-corrected chi connectivity index (χ0v) is 17.1. The molecule has 1 saturated heterocycles. The van der Waals surface area contributed by atoms with E-state index in [0.717, 1.165) is 34.4 Å². The Kier molecular flexibility index (Phi) is 4.50. The fraction of sp³-hybridized carbons (Fsp3) is 0.435. The lowest BCUT2D eigenvalue weighted by Gasteiger charge is -2.37. The summed E-state index contributed by atoms with van der Waals surface area (Å²) >= 11 is 0. The summed E-state index contributed by atoms with van der Waals surface area (Å²) in [6.45, 7) is 0.830. The predicted molar refractivity (Wildman–Crippen MR) is 106 cm³/mol. The first-order valence-corrected chi connectivity index (χ1v) is 10.0. The van der Waals surface area contributed by atoms with Crippen molar-refractivity contribution in [2.75, 3.05) is 34.5 Å².